The van der Waals surface area contributed by atoms with Crippen molar-refractivity contribution in [3.63, 3.8) is 0 Å². The van der Waals surface area contributed by atoms with E-state index in [1.54, 1.807) is 6.92 Å². The molecule has 0 N–H and O–H groups in total. The second kappa shape index (κ2) is 2.45. The van der Waals surface area contributed by atoms with E-state index in [9.17, 15) is 4.79 Å². The molecule has 0 heterocycles. The lowest BCUT2D eigenvalue weighted by molar-refractivity contribution is -0.121. The molecule has 0 aliphatic heterocycles. The Labute approximate surface area is 73.8 Å². The molecule has 2 aliphatic carbocycles. The highest BCUT2D eigenvalue weighted by molar-refractivity contribution is 5.82. The van der Waals surface area contributed by atoms with Gasteiger partial charge in [0.05, 0.1) is 0 Å². The highest BCUT2D eigenvalue weighted by Gasteiger charge is 2.52. The standard InChI is InChI=1S/C11H16O/c1-8-4-3-5-11(6-7-11)10(8)9(2)12/h4,10H,3,5-7H2,1-2H3. The quantitative estimate of drug-likeness (QED) is 0.544. The van der Waals surface area contributed by atoms with Crippen LogP contribution in [-0.4, -0.2) is 5.78 Å². The van der Waals surface area contributed by atoms with Crippen molar-refractivity contribution in [2.75, 3.05) is 0 Å². The molecule has 2 rings (SSSR count). The van der Waals surface area contributed by atoms with Gasteiger partial charge < -0.3 is 0 Å². The average molecular weight is 164 g/mol. The van der Waals surface area contributed by atoms with Gasteiger partial charge in [-0.15, -0.1) is 0 Å². The van der Waals surface area contributed by atoms with Crippen molar-refractivity contribution >= 4 is 5.78 Å². The van der Waals surface area contributed by atoms with Crippen molar-refractivity contribution < 1.29 is 4.79 Å². The fourth-order valence-electron chi connectivity index (χ4n) is 2.78. The Balaban J connectivity index is 2.29. The predicted molar refractivity (Wildman–Crippen MR) is 48.8 cm³/mol. The SMILES string of the molecule is CC(=O)C1C(C)=CCCC12CC2. The van der Waals surface area contributed by atoms with E-state index in [4.69, 9.17) is 0 Å². The van der Waals surface area contributed by atoms with Crippen molar-refractivity contribution in [2.45, 2.75) is 39.5 Å². The molecule has 0 aromatic heterocycles. The zero-order valence-corrected chi connectivity index (χ0v) is 7.89. The number of hydrogen-bond donors (Lipinski definition) is 0. The number of carbonyl (C=O) groups excluding carboxylic acids is 1. The summed E-state index contributed by atoms with van der Waals surface area (Å²) in [5.41, 5.74) is 1.75. The lowest BCUT2D eigenvalue weighted by Gasteiger charge is -2.29. The highest BCUT2D eigenvalue weighted by atomic mass is 16.1. The average Bonchev–Trinajstić information content (AvgIpc) is 2.68. The second-order valence-electron chi connectivity index (χ2n) is 4.39. The first-order valence-electron chi connectivity index (χ1n) is 4.83. The van der Waals surface area contributed by atoms with E-state index >= 15 is 0 Å². The fourth-order valence-corrected chi connectivity index (χ4v) is 2.78. The normalized spacial score (nSPS) is 31.5. The molecule has 0 bridgehead atoms. The van der Waals surface area contributed by atoms with Gasteiger partial charge in [0.15, 0.2) is 0 Å². The molecule has 1 saturated carbocycles. The maximum absolute atomic E-state index is 11.4. The summed E-state index contributed by atoms with van der Waals surface area (Å²) in [5, 5.41) is 0. The van der Waals surface area contributed by atoms with E-state index < -0.39 is 0 Å². The van der Waals surface area contributed by atoms with Crippen LogP contribution in [0.5, 0.6) is 0 Å². The molecule has 0 radical (unpaired) electrons. The van der Waals surface area contributed by atoms with Crippen LogP contribution in [0.2, 0.25) is 0 Å². The van der Waals surface area contributed by atoms with Crippen molar-refractivity contribution in [3.05, 3.63) is 11.6 Å². The third kappa shape index (κ3) is 1.03. The molecule has 0 saturated heterocycles. The minimum Gasteiger partial charge on any atom is -0.299 e. The van der Waals surface area contributed by atoms with Gasteiger partial charge in [-0.25, -0.2) is 0 Å². The first-order chi connectivity index (χ1) is 5.66. The van der Waals surface area contributed by atoms with E-state index in [0.717, 1.165) is 0 Å². The van der Waals surface area contributed by atoms with Crippen LogP contribution in [0.3, 0.4) is 0 Å². The first-order valence-corrected chi connectivity index (χ1v) is 4.83. The van der Waals surface area contributed by atoms with Crippen molar-refractivity contribution in [1.29, 1.82) is 0 Å². The van der Waals surface area contributed by atoms with Crippen LogP contribution < -0.4 is 0 Å². The van der Waals surface area contributed by atoms with Crippen LogP contribution in [0.25, 0.3) is 0 Å². The minimum absolute atomic E-state index is 0.270. The van der Waals surface area contributed by atoms with E-state index in [2.05, 4.69) is 13.0 Å². The molecule has 1 nitrogen and oxygen atoms in total. The summed E-state index contributed by atoms with van der Waals surface area (Å²) in [6.07, 6.45) is 7.24. The Kier molecular flexibility index (Phi) is 1.64. The number of allylic oxidation sites excluding steroid dienone is 2. The van der Waals surface area contributed by atoms with Gasteiger partial charge in [-0.2, -0.15) is 0 Å². The van der Waals surface area contributed by atoms with Gasteiger partial charge >= 0.3 is 0 Å². The molecule has 2 aliphatic rings. The second-order valence-corrected chi connectivity index (χ2v) is 4.39. The van der Waals surface area contributed by atoms with Gasteiger partial charge in [0.1, 0.15) is 5.78 Å². The van der Waals surface area contributed by atoms with Crippen LogP contribution in [0.4, 0.5) is 0 Å². The van der Waals surface area contributed by atoms with Crippen LogP contribution in [0, 0.1) is 11.3 Å². The number of Topliss-reactive ketones (excluding diaryl/α,β-unsaturated/α-hetero) is 1. The molecule has 1 fully saturated rings. The summed E-state index contributed by atoms with van der Waals surface area (Å²) in [4.78, 5) is 11.4. The lowest BCUT2D eigenvalue weighted by atomic mass is 9.74. The molecule has 1 heteroatoms. The molecule has 1 atom stereocenters. The third-order valence-corrected chi connectivity index (χ3v) is 3.48. The molecule has 1 spiro atoms. The summed E-state index contributed by atoms with van der Waals surface area (Å²) in [6, 6.07) is 0. The van der Waals surface area contributed by atoms with E-state index in [1.807, 2.05) is 0 Å². The summed E-state index contributed by atoms with van der Waals surface area (Å²) in [7, 11) is 0. The lowest BCUT2D eigenvalue weighted by Crippen LogP contribution is -2.26. The Morgan fingerprint density at radius 2 is 2.17 bits per heavy atom. The van der Waals surface area contributed by atoms with Crippen LogP contribution in [0.1, 0.15) is 39.5 Å². The zero-order chi connectivity index (χ0) is 8.77. The maximum atomic E-state index is 11.4. The number of carbonyl (C=O) groups is 1. The molecule has 12 heavy (non-hydrogen) atoms. The van der Waals surface area contributed by atoms with E-state index in [1.165, 1.54) is 31.3 Å². The summed E-state index contributed by atoms with van der Waals surface area (Å²) < 4.78 is 0. The van der Waals surface area contributed by atoms with Gasteiger partial charge in [-0.05, 0) is 44.9 Å². The van der Waals surface area contributed by atoms with Crippen molar-refractivity contribution in [2.24, 2.45) is 11.3 Å². The molecular formula is C11H16O. The number of hydrogen-bond acceptors (Lipinski definition) is 1. The minimum atomic E-state index is 0.270. The summed E-state index contributed by atoms with van der Waals surface area (Å²) in [5.74, 6) is 0.646. The summed E-state index contributed by atoms with van der Waals surface area (Å²) >= 11 is 0. The van der Waals surface area contributed by atoms with E-state index in [-0.39, 0.29) is 5.92 Å². The van der Waals surface area contributed by atoms with Crippen LogP contribution >= 0.6 is 0 Å². The Morgan fingerprint density at radius 1 is 1.50 bits per heavy atom. The van der Waals surface area contributed by atoms with Gasteiger partial charge in [0.25, 0.3) is 0 Å². The molecular weight excluding hydrogens is 148 g/mol. The Hall–Kier alpha value is -0.590. The molecule has 0 aromatic rings. The number of rotatable bonds is 1. The molecule has 0 amide bonds. The van der Waals surface area contributed by atoms with Gasteiger partial charge in [-0.3, -0.25) is 4.79 Å². The smallest absolute Gasteiger partial charge is 0.137 e. The van der Waals surface area contributed by atoms with Crippen LogP contribution in [0.15, 0.2) is 11.6 Å². The molecule has 66 valence electrons. The van der Waals surface area contributed by atoms with Crippen LogP contribution in [-0.2, 0) is 4.79 Å². The highest BCUT2D eigenvalue weighted by Crippen LogP contribution is 2.59. The van der Waals surface area contributed by atoms with Gasteiger partial charge in [0, 0.05) is 5.92 Å². The Morgan fingerprint density at radius 3 is 2.58 bits per heavy atom. The van der Waals surface area contributed by atoms with Crippen molar-refractivity contribution in [3.8, 4) is 0 Å². The Bertz CT molecular complexity index is 246. The summed E-state index contributed by atoms with van der Waals surface area (Å²) in [6.45, 7) is 3.86. The van der Waals surface area contributed by atoms with Gasteiger partial charge in [0.2, 0.25) is 0 Å². The largest absolute Gasteiger partial charge is 0.299 e. The molecule has 1 unspecified atom stereocenters. The topological polar surface area (TPSA) is 17.1 Å². The third-order valence-electron chi connectivity index (χ3n) is 3.48. The van der Waals surface area contributed by atoms with E-state index in [0.29, 0.717) is 11.2 Å². The molecule has 0 aromatic carbocycles. The number of ketones is 1. The maximum Gasteiger partial charge on any atom is 0.137 e. The zero-order valence-electron chi connectivity index (χ0n) is 7.89. The predicted octanol–water partition coefficient (Wildman–Crippen LogP) is 2.71. The fraction of sp³-hybridized carbons (Fsp3) is 0.727. The monoisotopic (exact) mass is 164 g/mol. The first kappa shape index (κ1) is 8.03. The van der Waals surface area contributed by atoms with Crippen molar-refractivity contribution in [1.82, 2.24) is 0 Å². The van der Waals surface area contributed by atoms with Gasteiger partial charge in [-0.1, -0.05) is 11.6 Å².